The minimum atomic E-state index is 0.801. The van der Waals surface area contributed by atoms with Crippen molar-refractivity contribution in [1.82, 2.24) is 0 Å². The minimum absolute atomic E-state index is 0.801. The minimum Gasteiger partial charge on any atom is -0.377 e. The first-order valence-electron chi connectivity index (χ1n) is 5.88. The van der Waals surface area contributed by atoms with Gasteiger partial charge in [-0.15, -0.1) is 0 Å². The van der Waals surface area contributed by atoms with Gasteiger partial charge in [0, 0.05) is 6.61 Å². The molecule has 14 heavy (non-hydrogen) atoms. The van der Waals surface area contributed by atoms with Crippen LogP contribution in [0.1, 0.15) is 44.9 Å². The Bertz CT molecular complexity index is 150. The fourth-order valence-electron chi connectivity index (χ4n) is 1.56. The van der Waals surface area contributed by atoms with Crippen LogP contribution in [-0.4, -0.2) is 13.2 Å². The van der Waals surface area contributed by atoms with Crippen LogP contribution in [-0.2, 0) is 4.74 Å². The predicted molar refractivity (Wildman–Crippen MR) is 61.4 cm³/mol. The standard InChI is InChI=1S/C13H22O/c1-2-4-6-8-10-12-14-13-11-9-7-5-3-1/h2,4,9,11H,1,3,5-8,10,12-13H2. The van der Waals surface area contributed by atoms with Crippen LogP contribution in [0.2, 0.25) is 0 Å². The van der Waals surface area contributed by atoms with Crippen LogP contribution in [0.15, 0.2) is 24.3 Å². The molecular formula is C13H22O. The molecule has 1 heteroatoms. The molecular weight excluding hydrogens is 172 g/mol. The molecule has 0 amide bonds. The molecule has 0 aromatic rings. The lowest BCUT2D eigenvalue weighted by Crippen LogP contribution is -1.94. The summed E-state index contributed by atoms with van der Waals surface area (Å²) in [5.74, 6) is 0. The zero-order chi connectivity index (χ0) is 9.90. The van der Waals surface area contributed by atoms with Crippen LogP contribution in [0.4, 0.5) is 0 Å². The van der Waals surface area contributed by atoms with Crippen molar-refractivity contribution in [2.75, 3.05) is 13.2 Å². The van der Waals surface area contributed by atoms with Crippen LogP contribution in [0, 0.1) is 0 Å². The summed E-state index contributed by atoms with van der Waals surface area (Å²) in [6.07, 6.45) is 17.8. The predicted octanol–water partition coefficient (Wildman–Crippen LogP) is 3.86. The van der Waals surface area contributed by atoms with Gasteiger partial charge < -0.3 is 4.74 Å². The fraction of sp³-hybridized carbons (Fsp3) is 0.692. The molecule has 1 heterocycles. The lowest BCUT2D eigenvalue weighted by Gasteiger charge is -2.01. The smallest absolute Gasteiger partial charge is 0.0647 e. The Morgan fingerprint density at radius 2 is 1.21 bits per heavy atom. The van der Waals surface area contributed by atoms with E-state index in [1.165, 1.54) is 44.9 Å². The number of rotatable bonds is 0. The molecule has 0 unspecified atom stereocenters. The molecule has 0 aromatic heterocycles. The first kappa shape index (κ1) is 11.5. The summed E-state index contributed by atoms with van der Waals surface area (Å²) in [5.41, 5.74) is 0. The molecule has 0 atom stereocenters. The Kier molecular flexibility index (Phi) is 7.41. The molecule has 1 aliphatic heterocycles. The summed E-state index contributed by atoms with van der Waals surface area (Å²) in [4.78, 5) is 0. The van der Waals surface area contributed by atoms with Gasteiger partial charge in [0.15, 0.2) is 0 Å². The Hall–Kier alpha value is -0.560. The molecule has 0 saturated heterocycles. The van der Waals surface area contributed by atoms with Crippen molar-refractivity contribution in [1.29, 1.82) is 0 Å². The molecule has 0 spiro atoms. The van der Waals surface area contributed by atoms with Crippen molar-refractivity contribution in [2.45, 2.75) is 44.9 Å². The van der Waals surface area contributed by atoms with Crippen LogP contribution in [0.3, 0.4) is 0 Å². The average molecular weight is 194 g/mol. The second-order valence-electron chi connectivity index (χ2n) is 3.80. The lowest BCUT2D eigenvalue weighted by molar-refractivity contribution is 0.158. The van der Waals surface area contributed by atoms with E-state index in [1.807, 2.05) is 0 Å². The number of hydrogen-bond acceptors (Lipinski definition) is 1. The zero-order valence-electron chi connectivity index (χ0n) is 9.08. The van der Waals surface area contributed by atoms with E-state index in [9.17, 15) is 0 Å². The lowest BCUT2D eigenvalue weighted by atomic mass is 10.1. The van der Waals surface area contributed by atoms with E-state index in [4.69, 9.17) is 4.74 Å². The molecule has 1 rings (SSSR count). The Morgan fingerprint density at radius 3 is 1.93 bits per heavy atom. The highest BCUT2D eigenvalue weighted by atomic mass is 16.5. The van der Waals surface area contributed by atoms with E-state index >= 15 is 0 Å². The van der Waals surface area contributed by atoms with E-state index in [1.54, 1.807) is 0 Å². The van der Waals surface area contributed by atoms with Gasteiger partial charge in [-0.25, -0.2) is 0 Å². The van der Waals surface area contributed by atoms with Gasteiger partial charge in [-0.1, -0.05) is 24.3 Å². The van der Waals surface area contributed by atoms with E-state index in [-0.39, 0.29) is 0 Å². The van der Waals surface area contributed by atoms with Gasteiger partial charge in [-0.3, -0.25) is 0 Å². The Balaban J connectivity index is 2.16. The van der Waals surface area contributed by atoms with Gasteiger partial charge in [0.2, 0.25) is 0 Å². The van der Waals surface area contributed by atoms with Gasteiger partial charge in [-0.05, 0) is 44.9 Å². The molecule has 0 bridgehead atoms. The highest BCUT2D eigenvalue weighted by Crippen LogP contribution is 2.04. The van der Waals surface area contributed by atoms with Crippen molar-refractivity contribution in [2.24, 2.45) is 0 Å². The highest BCUT2D eigenvalue weighted by molar-refractivity contribution is 4.84. The van der Waals surface area contributed by atoms with Crippen molar-refractivity contribution >= 4 is 0 Å². The van der Waals surface area contributed by atoms with Crippen molar-refractivity contribution < 1.29 is 4.74 Å². The van der Waals surface area contributed by atoms with Gasteiger partial charge in [-0.2, -0.15) is 0 Å². The third-order valence-corrected chi connectivity index (χ3v) is 2.45. The average Bonchev–Trinajstić information content (AvgIpc) is 2.22. The van der Waals surface area contributed by atoms with Crippen molar-refractivity contribution in [3.8, 4) is 0 Å². The Morgan fingerprint density at radius 1 is 0.643 bits per heavy atom. The largest absolute Gasteiger partial charge is 0.377 e. The maximum atomic E-state index is 5.47. The van der Waals surface area contributed by atoms with Crippen LogP contribution < -0.4 is 0 Å². The molecule has 0 fully saturated rings. The third kappa shape index (κ3) is 6.90. The normalized spacial score (nSPS) is 21.7. The summed E-state index contributed by atoms with van der Waals surface area (Å²) in [6, 6.07) is 0. The van der Waals surface area contributed by atoms with Gasteiger partial charge in [0.1, 0.15) is 0 Å². The van der Waals surface area contributed by atoms with Crippen LogP contribution in [0.5, 0.6) is 0 Å². The van der Waals surface area contributed by atoms with E-state index in [2.05, 4.69) is 24.3 Å². The van der Waals surface area contributed by atoms with Crippen molar-refractivity contribution in [3.05, 3.63) is 24.3 Å². The topological polar surface area (TPSA) is 9.23 Å². The highest BCUT2D eigenvalue weighted by Gasteiger charge is 1.89. The number of hydrogen-bond donors (Lipinski definition) is 0. The monoisotopic (exact) mass is 194 g/mol. The summed E-state index contributed by atoms with van der Waals surface area (Å²) < 4.78 is 5.47. The number of ether oxygens (including phenoxy) is 1. The van der Waals surface area contributed by atoms with Crippen molar-refractivity contribution in [3.63, 3.8) is 0 Å². The van der Waals surface area contributed by atoms with Crippen LogP contribution in [0.25, 0.3) is 0 Å². The zero-order valence-corrected chi connectivity index (χ0v) is 9.08. The molecule has 0 N–H and O–H groups in total. The molecule has 0 saturated carbocycles. The first-order chi connectivity index (χ1) is 7.00. The fourth-order valence-corrected chi connectivity index (χ4v) is 1.56. The van der Waals surface area contributed by atoms with Gasteiger partial charge in [0.25, 0.3) is 0 Å². The van der Waals surface area contributed by atoms with Gasteiger partial charge in [0.05, 0.1) is 6.61 Å². The maximum Gasteiger partial charge on any atom is 0.0647 e. The SMILES string of the molecule is C1=CCCCCOCC=CCCCC1. The second-order valence-corrected chi connectivity index (χ2v) is 3.80. The molecule has 0 radical (unpaired) electrons. The molecule has 80 valence electrons. The van der Waals surface area contributed by atoms with Crippen LogP contribution >= 0.6 is 0 Å². The molecule has 0 aliphatic carbocycles. The summed E-state index contributed by atoms with van der Waals surface area (Å²) in [7, 11) is 0. The van der Waals surface area contributed by atoms with E-state index < -0.39 is 0 Å². The van der Waals surface area contributed by atoms with E-state index in [0.717, 1.165) is 13.2 Å². The summed E-state index contributed by atoms with van der Waals surface area (Å²) >= 11 is 0. The first-order valence-corrected chi connectivity index (χ1v) is 5.88. The third-order valence-electron chi connectivity index (χ3n) is 2.45. The summed E-state index contributed by atoms with van der Waals surface area (Å²) in [5, 5.41) is 0. The maximum absolute atomic E-state index is 5.47. The quantitative estimate of drug-likeness (QED) is 0.532. The molecule has 1 aliphatic rings. The van der Waals surface area contributed by atoms with Gasteiger partial charge >= 0.3 is 0 Å². The molecule has 1 nitrogen and oxygen atoms in total. The molecule has 0 aromatic carbocycles. The Labute approximate surface area is 87.8 Å². The number of allylic oxidation sites excluding steroid dienone is 3. The second kappa shape index (κ2) is 9.01. The summed E-state index contributed by atoms with van der Waals surface area (Å²) in [6.45, 7) is 1.72. The van der Waals surface area contributed by atoms with E-state index in [0.29, 0.717) is 0 Å².